The van der Waals surface area contributed by atoms with Crippen molar-refractivity contribution in [1.82, 2.24) is 0 Å². The lowest BCUT2D eigenvalue weighted by Crippen LogP contribution is -2.37. The predicted octanol–water partition coefficient (Wildman–Crippen LogP) is 6.09. The number of hydrogen-bond acceptors (Lipinski definition) is 3. The van der Waals surface area contributed by atoms with Crippen LogP contribution in [0.4, 0.5) is 0 Å². The van der Waals surface area contributed by atoms with Crippen LogP contribution in [-0.2, 0) is 0 Å². The van der Waals surface area contributed by atoms with Gasteiger partial charge in [0.05, 0.1) is 17.3 Å². The largest absolute Gasteiger partial charge is 0.390 e. The van der Waals surface area contributed by atoms with E-state index in [1.165, 1.54) is 32.1 Å². The molecule has 0 radical (unpaired) electrons. The van der Waals surface area contributed by atoms with Crippen LogP contribution < -0.4 is 0 Å². The molecule has 0 aromatic heterocycles. The summed E-state index contributed by atoms with van der Waals surface area (Å²) in [6, 6.07) is 0. The first-order valence-electron chi connectivity index (χ1n) is 12.5. The van der Waals surface area contributed by atoms with Crippen molar-refractivity contribution in [3.63, 3.8) is 0 Å². The lowest BCUT2D eigenvalue weighted by atomic mass is 9.60. The fraction of sp³-hybridized carbons (Fsp3) is 0.786. The molecule has 3 nitrogen and oxygen atoms in total. The van der Waals surface area contributed by atoms with Crippen LogP contribution in [0.15, 0.2) is 35.5 Å². The van der Waals surface area contributed by atoms with E-state index in [1.807, 2.05) is 20.8 Å². The minimum Gasteiger partial charge on any atom is -0.390 e. The van der Waals surface area contributed by atoms with Crippen LogP contribution in [0, 0.1) is 23.2 Å². The van der Waals surface area contributed by atoms with Gasteiger partial charge >= 0.3 is 0 Å². The van der Waals surface area contributed by atoms with E-state index in [0.29, 0.717) is 30.1 Å². The second-order valence-electron chi connectivity index (χ2n) is 12.1. The average molecular weight is 431 g/mol. The molecule has 176 valence electrons. The monoisotopic (exact) mass is 430 g/mol. The zero-order valence-electron chi connectivity index (χ0n) is 20.6. The van der Waals surface area contributed by atoms with E-state index in [1.54, 1.807) is 5.57 Å². The van der Waals surface area contributed by atoms with Gasteiger partial charge in [0, 0.05) is 12.8 Å². The Balaban J connectivity index is 1.72. The first kappa shape index (κ1) is 24.7. The van der Waals surface area contributed by atoms with Gasteiger partial charge in [0.15, 0.2) is 0 Å². The van der Waals surface area contributed by atoms with Crippen LogP contribution in [0.5, 0.6) is 0 Å². The van der Waals surface area contributed by atoms with Crippen molar-refractivity contribution in [2.45, 2.75) is 116 Å². The number of rotatable bonds is 6. The van der Waals surface area contributed by atoms with Crippen molar-refractivity contribution in [3.05, 3.63) is 35.5 Å². The second kappa shape index (κ2) is 9.15. The molecule has 3 N–H and O–H groups in total. The molecule has 0 saturated heterocycles. The zero-order chi connectivity index (χ0) is 23.0. The Morgan fingerprint density at radius 1 is 1.23 bits per heavy atom. The first-order chi connectivity index (χ1) is 14.3. The van der Waals surface area contributed by atoms with E-state index in [0.717, 1.165) is 36.3 Å². The normalized spacial score (nSPS) is 40.4. The molecule has 0 heterocycles. The fourth-order valence-electron chi connectivity index (χ4n) is 7.00. The third-order valence-electron chi connectivity index (χ3n) is 8.69. The highest BCUT2D eigenvalue weighted by Crippen LogP contribution is 2.60. The number of aliphatic hydroxyl groups excluding tert-OH is 1. The number of hydrogen-bond donors (Lipinski definition) is 3. The summed E-state index contributed by atoms with van der Waals surface area (Å²) in [7, 11) is 0. The van der Waals surface area contributed by atoms with Crippen molar-refractivity contribution < 1.29 is 15.3 Å². The summed E-state index contributed by atoms with van der Waals surface area (Å²) in [5.74, 6) is 2.09. The molecule has 3 rings (SSSR count). The third kappa shape index (κ3) is 5.72. The van der Waals surface area contributed by atoms with Crippen LogP contribution in [0.2, 0.25) is 0 Å². The summed E-state index contributed by atoms with van der Waals surface area (Å²) >= 11 is 0. The van der Waals surface area contributed by atoms with Gasteiger partial charge in [-0.25, -0.2) is 0 Å². The van der Waals surface area contributed by atoms with Crippen LogP contribution in [0.3, 0.4) is 0 Å². The van der Waals surface area contributed by atoms with Crippen molar-refractivity contribution in [1.29, 1.82) is 0 Å². The van der Waals surface area contributed by atoms with Crippen molar-refractivity contribution >= 4 is 0 Å². The Kier molecular flexibility index (Phi) is 7.30. The zero-order valence-corrected chi connectivity index (χ0v) is 20.6. The molecule has 31 heavy (non-hydrogen) atoms. The molecule has 0 spiro atoms. The molecule has 0 amide bonds. The number of allylic oxidation sites excluding steroid dienone is 3. The van der Waals surface area contributed by atoms with Gasteiger partial charge in [-0.1, -0.05) is 51.0 Å². The molecular formula is C28H46O3. The molecule has 2 unspecified atom stereocenters. The second-order valence-corrected chi connectivity index (χ2v) is 12.1. The Morgan fingerprint density at radius 2 is 1.94 bits per heavy atom. The highest BCUT2D eigenvalue weighted by Gasteiger charge is 2.50. The van der Waals surface area contributed by atoms with Gasteiger partial charge in [0.2, 0.25) is 0 Å². The summed E-state index contributed by atoms with van der Waals surface area (Å²) < 4.78 is 0. The van der Waals surface area contributed by atoms with E-state index in [9.17, 15) is 15.3 Å². The predicted molar refractivity (Wildman–Crippen MR) is 129 cm³/mol. The molecule has 3 fully saturated rings. The maximum atomic E-state index is 10.5. The standard InChI is InChI=1S/C28H46O3/c1-19(9-7-15-26(3,4)30)23-13-14-24-21(10-8-16-28(23,24)6)11-12-22-17-27(5,31)18-25(29)20(22)2/h11-12,19,23-25,29-31H,2,7-10,13-18H2,1,3-6H3/b21-11+,22-12-/t19-,23?,24?,25+,27+,28+/m0/s1. The smallest absolute Gasteiger partial charge is 0.0814 e. The van der Waals surface area contributed by atoms with Crippen LogP contribution in [0.25, 0.3) is 0 Å². The highest BCUT2D eigenvalue weighted by atomic mass is 16.3. The van der Waals surface area contributed by atoms with Gasteiger partial charge in [-0.05, 0) is 93.6 Å². The van der Waals surface area contributed by atoms with E-state index in [4.69, 9.17) is 0 Å². The molecule has 6 atom stereocenters. The van der Waals surface area contributed by atoms with Crippen LogP contribution in [-0.4, -0.2) is 32.6 Å². The quantitative estimate of drug-likeness (QED) is 0.477. The summed E-state index contributed by atoms with van der Waals surface area (Å²) in [5.41, 5.74) is 2.27. The third-order valence-corrected chi connectivity index (χ3v) is 8.69. The molecule has 3 heteroatoms. The summed E-state index contributed by atoms with van der Waals surface area (Å²) in [6.45, 7) is 14.7. The van der Waals surface area contributed by atoms with E-state index in [2.05, 4.69) is 32.6 Å². The first-order valence-corrected chi connectivity index (χ1v) is 12.5. The van der Waals surface area contributed by atoms with E-state index < -0.39 is 17.3 Å². The maximum Gasteiger partial charge on any atom is 0.0814 e. The van der Waals surface area contributed by atoms with Crippen LogP contribution in [0.1, 0.15) is 98.8 Å². The van der Waals surface area contributed by atoms with Gasteiger partial charge in [-0.2, -0.15) is 0 Å². The van der Waals surface area contributed by atoms with Gasteiger partial charge < -0.3 is 15.3 Å². The van der Waals surface area contributed by atoms with E-state index in [-0.39, 0.29) is 0 Å². The molecule has 0 bridgehead atoms. The topological polar surface area (TPSA) is 60.7 Å². The molecular weight excluding hydrogens is 384 g/mol. The lowest BCUT2D eigenvalue weighted by Gasteiger charge is -2.44. The minimum atomic E-state index is -0.858. The van der Waals surface area contributed by atoms with E-state index >= 15 is 0 Å². The molecule has 3 aliphatic carbocycles. The summed E-state index contributed by atoms with van der Waals surface area (Å²) in [4.78, 5) is 0. The number of aliphatic hydroxyl groups is 3. The molecule has 0 aliphatic heterocycles. The Labute approximate surface area is 190 Å². The lowest BCUT2D eigenvalue weighted by molar-refractivity contribution is 0.00361. The molecule has 0 aromatic rings. The number of fused-ring (bicyclic) bond motifs is 1. The molecule has 3 saturated carbocycles. The maximum absolute atomic E-state index is 10.5. The van der Waals surface area contributed by atoms with Crippen molar-refractivity contribution in [3.8, 4) is 0 Å². The van der Waals surface area contributed by atoms with Gasteiger partial charge in [-0.3, -0.25) is 0 Å². The highest BCUT2D eigenvalue weighted by molar-refractivity contribution is 5.39. The Bertz CT molecular complexity index is 723. The van der Waals surface area contributed by atoms with Gasteiger partial charge in [-0.15, -0.1) is 0 Å². The minimum absolute atomic E-state index is 0.366. The molecule has 3 aliphatic rings. The average Bonchev–Trinajstić information content (AvgIpc) is 2.99. The van der Waals surface area contributed by atoms with Gasteiger partial charge in [0.25, 0.3) is 0 Å². The van der Waals surface area contributed by atoms with Crippen molar-refractivity contribution in [2.24, 2.45) is 23.2 Å². The fourth-order valence-corrected chi connectivity index (χ4v) is 7.00. The molecule has 0 aromatic carbocycles. The Hall–Kier alpha value is -0.900. The van der Waals surface area contributed by atoms with Gasteiger partial charge in [0.1, 0.15) is 0 Å². The van der Waals surface area contributed by atoms with Crippen molar-refractivity contribution in [2.75, 3.05) is 0 Å². The summed E-state index contributed by atoms with van der Waals surface area (Å²) in [6.07, 6.45) is 14.2. The summed E-state index contributed by atoms with van der Waals surface area (Å²) in [5, 5.41) is 30.8. The SMILES string of the molecule is C=C1/C(=C\C=C2/CCC[C@@]3(C)C2CCC3[C@@H](C)CCCC(C)(C)O)C[C@@](C)(O)C[C@H]1O. The Morgan fingerprint density at radius 3 is 2.61 bits per heavy atom. The van der Waals surface area contributed by atoms with Crippen LogP contribution >= 0.6 is 0 Å².